The summed E-state index contributed by atoms with van der Waals surface area (Å²) in [6, 6.07) is 9.80. The fourth-order valence-corrected chi connectivity index (χ4v) is 5.57. The van der Waals surface area contributed by atoms with Crippen LogP contribution in [0.5, 0.6) is 0 Å². The molecule has 3 aliphatic carbocycles. The first-order valence-electron chi connectivity index (χ1n) is 11.4. The average Bonchev–Trinajstić information content (AvgIpc) is 2.69. The molecule has 142 valence electrons. The van der Waals surface area contributed by atoms with Crippen LogP contribution < -0.4 is 0 Å². The number of benzene rings is 1. The number of hydrogen-bond acceptors (Lipinski definition) is 0. The second kappa shape index (κ2) is 8.10. The molecule has 3 aliphatic rings. The van der Waals surface area contributed by atoms with Gasteiger partial charge in [-0.05, 0) is 66.2 Å². The van der Waals surface area contributed by atoms with Crippen LogP contribution in [0.15, 0.2) is 41.0 Å². The van der Waals surface area contributed by atoms with Gasteiger partial charge in [0.15, 0.2) is 0 Å². The van der Waals surface area contributed by atoms with Crippen molar-refractivity contribution in [3.8, 4) is 11.8 Å². The topological polar surface area (TPSA) is 0 Å². The number of allylic oxidation sites excluding steroid dienone is 4. The number of rotatable bonds is 7. The highest BCUT2D eigenvalue weighted by atomic mass is 14.4. The summed E-state index contributed by atoms with van der Waals surface area (Å²) >= 11 is 0. The van der Waals surface area contributed by atoms with E-state index in [1.807, 2.05) is 0 Å². The maximum Gasteiger partial charge on any atom is 0.0399 e. The van der Waals surface area contributed by atoms with Crippen molar-refractivity contribution in [3.05, 3.63) is 52.1 Å². The van der Waals surface area contributed by atoms with Crippen LogP contribution in [-0.4, -0.2) is 0 Å². The molecule has 0 aromatic heterocycles. The maximum absolute atomic E-state index is 3.32. The normalized spacial score (nSPS) is 20.7. The minimum absolute atomic E-state index is 0.454. The van der Waals surface area contributed by atoms with E-state index in [-0.39, 0.29) is 0 Å². The van der Waals surface area contributed by atoms with Crippen molar-refractivity contribution in [2.24, 2.45) is 0 Å². The molecule has 0 nitrogen and oxygen atoms in total. The first-order valence-corrected chi connectivity index (χ1v) is 11.4. The molecule has 0 N–H and O–H groups in total. The number of unbranched alkanes of at least 4 members (excludes halogenated alkanes) is 2. The molecule has 27 heavy (non-hydrogen) atoms. The van der Waals surface area contributed by atoms with Crippen molar-refractivity contribution >= 4 is 5.57 Å². The SMILES string of the molecule is CCCCCC1(c2ccc(C3=C(CC)C4=C(C#C4)CC3)cc2)CCCCC1. The van der Waals surface area contributed by atoms with Gasteiger partial charge in [0.25, 0.3) is 0 Å². The highest BCUT2D eigenvalue weighted by molar-refractivity contribution is 5.81. The molecular formula is C27H34. The van der Waals surface area contributed by atoms with Gasteiger partial charge in [0, 0.05) is 11.1 Å². The molecule has 1 aromatic carbocycles. The fourth-order valence-electron chi connectivity index (χ4n) is 5.57. The lowest BCUT2D eigenvalue weighted by molar-refractivity contribution is 0.266. The van der Waals surface area contributed by atoms with E-state index < -0.39 is 0 Å². The van der Waals surface area contributed by atoms with Crippen LogP contribution in [-0.2, 0) is 5.41 Å². The van der Waals surface area contributed by atoms with Gasteiger partial charge in [-0.3, -0.25) is 0 Å². The molecule has 0 saturated heterocycles. The van der Waals surface area contributed by atoms with Gasteiger partial charge in [0.2, 0.25) is 0 Å². The summed E-state index contributed by atoms with van der Waals surface area (Å²) in [6.45, 7) is 4.60. The average molecular weight is 359 g/mol. The third kappa shape index (κ3) is 3.54. The van der Waals surface area contributed by atoms with Crippen LogP contribution >= 0.6 is 0 Å². The Morgan fingerprint density at radius 3 is 2.30 bits per heavy atom. The lowest BCUT2D eigenvalue weighted by Gasteiger charge is -2.38. The smallest absolute Gasteiger partial charge is 0.0399 e. The summed E-state index contributed by atoms with van der Waals surface area (Å²) in [5, 5.41) is 0. The maximum atomic E-state index is 3.32. The summed E-state index contributed by atoms with van der Waals surface area (Å²) < 4.78 is 0. The summed E-state index contributed by atoms with van der Waals surface area (Å²) in [5.74, 6) is 6.58. The number of hydrogen-bond donors (Lipinski definition) is 0. The van der Waals surface area contributed by atoms with Crippen molar-refractivity contribution in [2.75, 3.05) is 0 Å². The molecule has 0 bridgehead atoms. The van der Waals surface area contributed by atoms with E-state index in [4.69, 9.17) is 0 Å². The van der Waals surface area contributed by atoms with E-state index in [1.165, 1.54) is 80.1 Å². The molecular weight excluding hydrogens is 324 g/mol. The largest absolute Gasteiger partial charge is 0.0654 e. The summed E-state index contributed by atoms with van der Waals surface area (Å²) in [7, 11) is 0. The Labute approximate surface area is 166 Å². The molecule has 0 heteroatoms. The van der Waals surface area contributed by atoms with Gasteiger partial charge < -0.3 is 0 Å². The van der Waals surface area contributed by atoms with Crippen molar-refractivity contribution in [1.29, 1.82) is 0 Å². The molecule has 0 heterocycles. The zero-order valence-electron chi connectivity index (χ0n) is 17.3. The van der Waals surface area contributed by atoms with Crippen LogP contribution in [0.4, 0.5) is 0 Å². The van der Waals surface area contributed by atoms with E-state index in [0.717, 1.165) is 19.3 Å². The molecule has 4 rings (SSSR count). The standard InChI is InChI=1S/C27H34/c1-3-5-7-18-27(19-8-6-9-20-27)23-14-10-21(11-15-23)25-16-12-22-13-17-26(22)24(25)4-2/h10-11,14-15H,3-9,12,16,18-20H2,1-2H3. The summed E-state index contributed by atoms with van der Waals surface area (Å²) in [4.78, 5) is 0. The predicted octanol–water partition coefficient (Wildman–Crippen LogP) is 7.74. The molecule has 0 unspecified atom stereocenters. The quantitative estimate of drug-likeness (QED) is 0.345. The Hall–Kier alpha value is -1.74. The first-order chi connectivity index (χ1) is 13.3. The van der Waals surface area contributed by atoms with Gasteiger partial charge in [0.05, 0.1) is 0 Å². The van der Waals surface area contributed by atoms with Crippen LogP contribution in [0.2, 0.25) is 0 Å². The van der Waals surface area contributed by atoms with Crippen molar-refractivity contribution in [1.82, 2.24) is 0 Å². The Morgan fingerprint density at radius 1 is 0.889 bits per heavy atom. The van der Waals surface area contributed by atoms with Gasteiger partial charge in [-0.2, -0.15) is 0 Å². The van der Waals surface area contributed by atoms with Gasteiger partial charge in [-0.15, -0.1) is 0 Å². The first kappa shape index (κ1) is 18.6. The van der Waals surface area contributed by atoms with Gasteiger partial charge >= 0.3 is 0 Å². The van der Waals surface area contributed by atoms with E-state index >= 15 is 0 Å². The van der Waals surface area contributed by atoms with E-state index in [9.17, 15) is 0 Å². The fraction of sp³-hybridized carbons (Fsp3) is 0.556. The molecule has 0 amide bonds. The molecule has 0 spiro atoms. The van der Waals surface area contributed by atoms with Crippen LogP contribution in [0.1, 0.15) is 102 Å². The Bertz CT molecular complexity index is 798. The zero-order valence-corrected chi connectivity index (χ0v) is 17.3. The lowest BCUT2D eigenvalue weighted by Crippen LogP contribution is -2.29. The Balaban J connectivity index is 1.60. The minimum atomic E-state index is 0.454. The van der Waals surface area contributed by atoms with Crippen LogP contribution in [0.3, 0.4) is 0 Å². The zero-order chi connectivity index (χ0) is 18.7. The second-order valence-corrected chi connectivity index (χ2v) is 8.79. The highest BCUT2D eigenvalue weighted by Gasteiger charge is 2.33. The van der Waals surface area contributed by atoms with E-state index in [1.54, 1.807) is 11.1 Å². The van der Waals surface area contributed by atoms with Crippen LogP contribution in [0, 0.1) is 11.8 Å². The Morgan fingerprint density at radius 2 is 1.67 bits per heavy atom. The van der Waals surface area contributed by atoms with E-state index in [0.29, 0.717) is 5.41 Å². The van der Waals surface area contributed by atoms with Gasteiger partial charge in [-0.25, -0.2) is 0 Å². The monoisotopic (exact) mass is 358 g/mol. The highest BCUT2D eigenvalue weighted by Crippen LogP contribution is 2.45. The third-order valence-electron chi connectivity index (χ3n) is 7.20. The molecule has 1 saturated carbocycles. The molecule has 0 radical (unpaired) electrons. The second-order valence-electron chi connectivity index (χ2n) is 8.79. The molecule has 1 aromatic rings. The van der Waals surface area contributed by atoms with Gasteiger partial charge in [0.1, 0.15) is 0 Å². The van der Waals surface area contributed by atoms with Crippen molar-refractivity contribution in [3.63, 3.8) is 0 Å². The molecule has 0 atom stereocenters. The predicted molar refractivity (Wildman–Crippen MR) is 117 cm³/mol. The third-order valence-corrected chi connectivity index (χ3v) is 7.20. The van der Waals surface area contributed by atoms with E-state index in [2.05, 4.69) is 50.0 Å². The molecule has 1 fully saturated rings. The summed E-state index contributed by atoms with van der Waals surface area (Å²) in [6.07, 6.45) is 15.9. The Kier molecular flexibility index (Phi) is 5.58. The van der Waals surface area contributed by atoms with Crippen LogP contribution in [0.25, 0.3) is 5.57 Å². The molecule has 0 aliphatic heterocycles. The lowest BCUT2D eigenvalue weighted by atomic mass is 9.66. The minimum Gasteiger partial charge on any atom is -0.0654 e. The van der Waals surface area contributed by atoms with Crippen molar-refractivity contribution in [2.45, 2.75) is 96.3 Å². The van der Waals surface area contributed by atoms with Gasteiger partial charge in [-0.1, -0.05) is 88.5 Å². The van der Waals surface area contributed by atoms with Crippen molar-refractivity contribution < 1.29 is 0 Å². The summed E-state index contributed by atoms with van der Waals surface area (Å²) in [5.41, 5.74) is 9.35.